The average molecular weight is 475 g/mol. The molecule has 0 radical (unpaired) electrons. The minimum absolute atomic E-state index is 0.00480. The number of carboxylic acid groups (broad SMARTS) is 1. The first-order valence-electron chi connectivity index (χ1n) is 9.31. The molecule has 11 nitrogen and oxygen atoms in total. The molecule has 2 aliphatic rings. The molecule has 1 saturated heterocycles. The number of nitrogens with one attached hydrogen (secondary N) is 1. The molecule has 12 heteroatoms. The van der Waals surface area contributed by atoms with Crippen molar-refractivity contribution in [2.45, 2.75) is 0 Å². The highest BCUT2D eigenvalue weighted by atomic mass is 35.5. The van der Waals surface area contributed by atoms with Crippen molar-refractivity contribution in [3.63, 3.8) is 0 Å². The van der Waals surface area contributed by atoms with E-state index >= 15 is 0 Å². The highest BCUT2D eigenvalue weighted by Crippen LogP contribution is 2.38. The predicted octanol–water partition coefficient (Wildman–Crippen LogP) is 2.21. The van der Waals surface area contributed by atoms with E-state index in [0.717, 1.165) is 4.90 Å². The van der Waals surface area contributed by atoms with Gasteiger partial charge in [0.05, 0.1) is 17.8 Å². The van der Waals surface area contributed by atoms with E-state index in [4.69, 9.17) is 35.7 Å². The summed E-state index contributed by atoms with van der Waals surface area (Å²) in [6, 6.07) is 6.30. The second kappa shape index (κ2) is 8.71. The van der Waals surface area contributed by atoms with Crippen LogP contribution in [0.3, 0.4) is 0 Å². The summed E-state index contributed by atoms with van der Waals surface area (Å²) >= 11 is 6.19. The van der Waals surface area contributed by atoms with E-state index in [9.17, 15) is 19.2 Å². The molecule has 170 valence electrons. The lowest BCUT2D eigenvalue weighted by Crippen LogP contribution is -2.54. The smallest absolute Gasteiger partial charge is 0.341 e. The van der Waals surface area contributed by atoms with Gasteiger partial charge in [-0.3, -0.25) is 14.9 Å². The monoisotopic (exact) mass is 474 g/mol. The number of fused-ring (bicyclic) bond motifs is 1. The van der Waals surface area contributed by atoms with Crippen molar-refractivity contribution in [2.24, 2.45) is 0 Å². The van der Waals surface area contributed by atoms with Crippen LogP contribution in [0.4, 0.5) is 10.5 Å². The lowest BCUT2D eigenvalue weighted by molar-refractivity contribution is -0.139. The molecule has 2 aromatic carbocycles. The predicted molar refractivity (Wildman–Crippen MR) is 113 cm³/mol. The molecule has 0 aliphatic carbocycles. The van der Waals surface area contributed by atoms with Gasteiger partial charge in [0.2, 0.25) is 6.79 Å². The minimum atomic E-state index is -1.21. The van der Waals surface area contributed by atoms with Crippen LogP contribution in [-0.4, -0.2) is 49.4 Å². The molecule has 4 rings (SSSR count). The number of amides is 4. The van der Waals surface area contributed by atoms with Crippen molar-refractivity contribution < 1.29 is 43.2 Å². The number of carbonyl (C=O) groups is 4. The standard InChI is InChI=1S/C21H15ClN2O9/c1-30-16-6-10(5-13(22)18(16)31-8-17(25)26)4-12-19(27)23-21(29)24(20(12)28)11-2-3-14-15(7-11)33-9-32-14/h2-7H,8-9H2,1H3,(H,25,26)(H,23,27,29)/b12-4+. The molecular formula is C21H15ClN2O9. The molecule has 1 fully saturated rings. The van der Waals surface area contributed by atoms with Gasteiger partial charge in [0, 0.05) is 6.07 Å². The first kappa shape index (κ1) is 22.0. The summed E-state index contributed by atoms with van der Waals surface area (Å²) in [5.41, 5.74) is 0.107. The summed E-state index contributed by atoms with van der Waals surface area (Å²) in [6.07, 6.45) is 1.22. The zero-order chi connectivity index (χ0) is 23.7. The van der Waals surface area contributed by atoms with Gasteiger partial charge in [-0.05, 0) is 35.9 Å². The highest BCUT2D eigenvalue weighted by Gasteiger charge is 2.37. The van der Waals surface area contributed by atoms with Gasteiger partial charge < -0.3 is 24.1 Å². The summed E-state index contributed by atoms with van der Waals surface area (Å²) in [4.78, 5) is 49.5. The topological polar surface area (TPSA) is 141 Å². The molecule has 2 aromatic rings. The number of nitrogens with zero attached hydrogens (tertiary/aromatic N) is 1. The molecule has 2 heterocycles. The number of imide groups is 2. The SMILES string of the molecule is COc1cc(/C=C2\C(=O)NC(=O)N(c3ccc4c(c3)OCO4)C2=O)cc(Cl)c1OCC(=O)O. The second-order valence-electron chi connectivity index (χ2n) is 6.71. The quantitative estimate of drug-likeness (QED) is 0.476. The number of urea groups is 1. The van der Waals surface area contributed by atoms with Crippen molar-refractivity contribution >= 4 is 47.2 Å². The minimum Gasteiger partial charge on any atom is -0.493 e. The zero-order valence-corrected chi connectivity index (χ0v) is 17.7. The third-order valence-electron chi connectivity index (χ3n) is 4.62. The van der Waals surface area contributed by atoms with E-state index in [0.29, 0.717) is 11.5 Å². The Hall–Kier alpha value is -4.25. The van der Waals surface area contributed by atoms with Crippen LogP contribution in [0.5, 0.6) is 23.0 Å². The third kappa shape index (κ3) is 4.26. The summed E-state index contributed by atoms with van der Waals surface area (Å²) in [7, 11) is 1.31. The molecule has 0 atom stereocenters. The van der Waals surface area contributed by atoms with Crippen LogP contribution in [0.1, 0.15) is 5.56 Å². The van der Waals surface area contributed by atoms with Crippen LogP contribution in [0, 0.1) is 0 Å². The van der Waals surface area contributed by atoms with Crippen molar-refractivity contribution in [1.29, 1.82) is 0 Å². The summed E-state index contributed by atoms with van der Waals surface area (Å²) in [5.74, 6) is -2.10. The molecule has 0 spiro atoms. The fourth-order valence-corrected chi connectivity index (χ4v) is 3.45. The Morgan fingerprint density at radius 3 is 2.70 bits per heavy atom. The van der Waals surface area contributed by atoms with Gasteiger partial charge >= 0.3 is 12.0 Å². The molecular weight excluding hydrogens is 460 g/mol. The molecule has 2 N–H and O–H groups in total. The van der Waals surface area contributed by atoms with E-state index in [1.165, 1.54) is 37.5 Å². The van der Waals surface area contributed by atoms with Crippen LogP contribution < -0.4 is 29.2 Å². The number of ether oxygens (including phenoxy) is 4. The Morgan fingerprint density at radius 2 is 1.97 bits per heavy atom. The summed E-state index contributed by atoms with van der Waals surface area (Å²) in [6.45, 7) is -0.638. The molecule has 4 amide bonds. The van der Waals surface area contributed by atoms with Gasteiger partial charge in [-0.15, -0.1) is 0 Å². The van der Waals surface area contributed by atoms with Gasteiger partial charge in [0.15, 0.2) is 29.6 Å². The van der Waals surface area contributed by atoms with Crippen molar-refractivity contribution in [2.75, 3.05) is 25.4 Å². The van der Waals surface area contributed by atoms with E-state index in [-0.39, 0.29) is 40.1 Å². The normalized spacial score (nSPS) is 16.1. The Balaban J connectivity index is 1.69. The van der Waals surface area contributed by atoms with Crippen LogP contribution in [0.25, 0.3) is 6.08 Å². The highest BCUT2D eigenvalue weighted by molar-refractivity contribution is 6.39. The summed E-state index contributed by atoms with van der Waals surface area (Å²) < 4.78 is 20.8. The van der Waals surface area contributed by atoms with Gasteiger partial charge in [-0.1, -0.05) is 11.6 Å². The maximum atomic E-state index is 13.1. The molecule has 2 aliphatic heterocycles. The van der Waals surface area contributed by atoms with Crippen LogP contribution in [0.2, 0.25) is 5.02 Å². The molecule has 0 saturated carbocycles. The van der Waals surface area contributed by atoms with Gasteiger partial charge in [0.25, 0.3) is 11.8 Å². The van der Waals surface area contributed by atoms with Crippen LogP contribution in [-0.2, 0) is 14.4 Å². The van der Waals surface area contributed by atoms with E-state index in [1.807, 2.05) is 0 Å². The second-order valence-corrected chi connectivity index (χ2v) is 7.12. The number of halogens is 1. The molecule has 0 aromatic heterocycles. The number of rotatable bonds is 6. The Bertz CT molecular complexity index is 1220. The third-order valence-corrected chi connectivity index (χ3v) is 4.90. The Kier molecular flexibility index (Phi) is 5.80. The molecule has 0 unspecified atom stereocenters. The number of carbonyl (C=O) groups excluding carboxylic acids is 3. The van der Waals surface area contributed by atoms with Crippen molar-refractivity contribution in [1.82, 2.24) is 5.32 Å². The maximum absolute atomic E-state index is 13.1. The average Bonchev–Trinajstić information content (AvgIpc) is 3.23. The number of hydrogen-bond acceptors (Lipinski definition) is 8. The summed E-state index contributed by atoms with van der Waals surface area (Å²) in [5, 5.41) is 10.9. The first-order valence-corrected chi connectivity index (χ1v) is 9.69. The van der Waals surface area contributed by atoms with E-state index in [1.54, 1.807) is 6.07 Å². The lowest BCUT2D eigenvalue weighted by Gasteiger charge is -2.26. The Morgan fingerprint density at radius 1 is 1.21 bits per heavy atom. The maximum Gasteiger partial charge on any atom is 0.341 e. The van der Waals surface area contributed by atoms with Gasteiger partial charge in [0.1, 0.15) is 5.57 Å². The van der Waals surface area contributed by atoms with E-state index in [2.05, 4.69) is 5.32 Å². The number of anilines is 1. The zero-order valence-electron chi connectivity index (χ0n) is 16.9. The number of aliphatic carboxylic acids is 1. The number of barbiturate groups is 1. The number of benzene rings is 2. The van der Waals surface area contributed by atoms with Crippen LogP contribution in [0.15, 0.2) is 35.9 Å². The van der Waals surface area contributed by atoms with Gasteiger partial charge in [-0.2, -0.15) is 0 Å². The van der Waals surface area contributed by atoms with Crippen molar-refractivity contribution in [3.05, 3.63) is 46.5 Å². The number of hydrogen-bond donors (Lipinski definition) is 2. The fourth-order valence-electron chi connectivity index (χ4n) is 3.18. The van der Waals surface area contributed by atoms with Gasteiger partial charge in [-0.25, -0.2) is 14.5 Å². The molecule has 33 heavy (non-hydrogen) atoms. The Labute approximate surface area is 191 Å². The number of methoxy groups -OCH3 is 1. The molecule has 0 bridgehead atoms. The first-order chi connectivity index (χ1) is 15.8. The largest absolute Gasteiger partial charge is 0.493 e. The lowest BCUT2D eigenvalue weighted by atomic mass is 10.1. The van der Waals surface area contributed by atoms with E-state index < -0.39 is 30.4 Å². The number of carboxylic acids is 1. The van der Waals surface area contributed by atoms with Crippen molar-refractivity contribution in [3.8, 4) is 23.0 Å². The van der Waals surface area contributed by atoms with Crippen LogP contribution >= 0.6 is 11.6 Å². The fraction of sp³-hybridized carbons (Fsp3) is 0.143.